The molecule has 0 amide bonds. The van der Waals surface area contributed by atoms with Crippen molar-refractivity contribution in [2.75, 3.05) is 0 Å². The van der Waals surface area contributed by atoms with Gasteiger partial charge in [-0.2, -0.15) is 0 Å². The molecule has 1 aromatic rings. The Morgan fingerprint density at radius 1 is 1.04 bits per heavy atom. The third-order valence-electron chi connectivity index (χ3n) is 9.82. The number of hydrogen-bond donors (Lipinski definition) is 1. The third kappa shape index (κ3) is 2.44. The van der Waals surface area contributed by atoms with Crippen molar-refractivity contribution in [1.29, 1.82) is 0 Å². The highest BCUT2D eigenvalue weighted by atomic mass is 14.7. The van der Waals surface area contributed by atoms with Gasteiger partial charge in [0.15, 0.2) is 0 Å². The second-order valence-corrected chi connectivity index (χ2v) is 10.7. The molecule has 5 rings (SSSR count). The molecule has 1 heterocycles. The van der Waals surface area contributed by atoms with Crippen LogP contribution >= 0.6 is 0 Å². The quantitative estimate of drug-likeness (QED) is 0.695. The van der Waals surface area contributed by atoms with Gasteiger partial charge in [-0.3, -0.25) is 4.98 Å². The molecule has 2 heteroatoms. The summed E-state index contributed by atoms with van der Waals surface area (Å²) >= 11 is 0. The predicted molar refractivity (Wildman–Crippen MR) is 112 cm³/mol. The molecule has 3 fully saturated rings. The number of rotatable bonds is 1. The average molecular weight is 365 g/mol. The van der Waals surface area contributed by atoms with Crippen LogP contribution in [0.15, 0.2) is 30.6 Å². The maximum absolute atomic E-state index is 6.49. The first-order chi connectivity index (χ1) is 12.9. The number of fused-ring (bicyclic) bond motifs is 5. The second-order valence-electron chi connectivity index (χ2n) is 10.7. The molecule has 2 N–H and O–H groups in total. The van der Waals surface area contributed by atoms with Gasteiger partial charge in [0.1, 0.15) is 0 Å². The molecule has 2 nitrogen and oxygen atoms in total. The monoisotopic (exact) mass is 364 g/mol. The lowest BCUT2D eigenvalue weighted by Crippen LogP contribution is -2.57. The van der Waals surface area contributed by atoms with Crippen LogP contribution in [-0.2, 0) is 0 Å². The highest BCUT2D eigenvalue weighted by molar-refractivity contribution is 5.72. The van der Waals surface area contributed by atoms with Crippen molar-refractivity contribution >= 4 is 5.57 Å². The van der Waals surface area contributed by atoms with Gasteiger partial charge >= 0.3 is 0 Å². The van der Waals surface area contributed by atoms with Crippen LogP contribution in [0.5, 0.6) is 0 Å². The van der Waals surface area contributed by atoms with E-state index >= 15 is 0 Å². The van der Waals surface area contributed by atoms with Crippen LogP contribution in [-0.4, -0.2) is 11.0 Å². The van der Waals surface area contributed by atoms with Crippen molar-refractivity contribution in [3.8, 4) is 0 Å². The molecule has 8 atom stereocenters. The molecule has 4 aliphatic carbocycles. The molecular formula is C25H36N2. The number of allylic oxidation sites excluding steroid dienone is 2. The summed E-state index contributed by atoms with van der Waals surface area (Å²) in [5, 5.41) is 0. The number of nitrogens with two attached hydrogens (primary N) is 1. The molecule has 0 saturated heterocycles. The molecule has 3 unspecified atom stereocenters. The van der Waals surface area contributed by atoms with E-state index in [4.69, 9.17) is 5.73 Å². The molecule has 1 aromatic heterocycles. The minimum Gasteiger partial charge on any atom is -0.327 e. The SMILES string of the molecule is CC1C(N)CC[C@@]2(C)C1CC[C@@H]1[C@@H]2CC[C@]2(C)C(c3cccnc3)=CC[C@@H]12. The Morgan fingerprint density at radius 2 is 1.89 bits per heavy atom. The molecule has 0 spiro atoms. The van der Waals surface area contributed by atoms with Crippen molar-refractivity contribution in [2.24, 2.45) is 46.2 Å². The van der Waals surface area contributed by atoms with E-state index in [9.17, 15) is 0 Å². The van der Waals surface area contributed by atoms with Gasteiger partial charge in [-0.05, 0) is 103 Å². The minimum atomic E-state index is 0.351. The Morgan fingerprint density at radius 3 is 2.67 bits per heavy atom. The molecular weight excluding hydrogens is 328 g/mol. The van der Waals surface area contributed by atoms with Gasteiger partial charge in [-0.1, -0.05) is 32.9 Å². The Hall–Kier alpha value is -1.15. The molecule has 3 saturated carbocycles. The van der Waals surface area contributed by atoms with Crippen LogP contribution in [0.1, 0.15) is 71.3 Å². The summed E-state index contributed by atoms with van der Waals surface area (Å²) in [7, 11) is 0. The summed E-state index contributed by atoms with van der Waals surface area (Å²) in [5.74, 6) is 4.18. The fourth-order valence-corrected chi connectivity index (χ4v) is 8.30. The number of hydrogen-bond acceptors (Lipinski definition) is 2. The van der Waals surface area contributed by atoms with Gasteiger partial charge in [0.25, 0.3) is 0 Å². The lowest BCUT2D eigenvalue weighted by Gasteiger charge is -2.62. The van der Waals surface area contributed by atoms with E-state index in [1.54, 1.807) is 5.57 Å². The van der Waals surface area contributed by atoms with Gasteiger partial charge in [-0.15, -0.1) is 0 Å². The van der Waals surface area contributed by atoms with Crippen LogP contribution in [0.2, 0.25) is 0 Å². The highest BCUT2D eigenvalue weighted by Gasteiger charge is 2.59. The fraction of sp³-hybridized carbons (Fsp3) is 0.720. The summed E-state index contributed by atoms with van der Waals surface area (Å²) in [6.07, 6.45) is 16.0. The van der Waals surface area contributed by atoms with Crippen LogP contribution in [0.4, 0.5) is 0 Å². The predicted octanol–water partition coefficient (Wildman–Crippen LogP) is 5.69. The first kappa shape index (κ1) is 17.9. The Balaban J connectivity index is 1.45. The first-order valence-corrected chi connectivity index (χ1v) is 11.3. The van der Waals surface area contributed by atoms with E-state index in [0.717, 1.165) is 23.7 Å². The van der Waals surface area contributed by atoms with E-state index in [1.165, 1.54) is 50.5 Å². The smallest absolute Gasteiger partial charge is 0.0343 e. The standard InChI is InChI=1S/C25H36N2/c1-16-19-7-6-18-21-9-8-20(17-5-4-14-27-15-17)25(21,3)12-10-22(18)24(19,2)13-11-23(16)26/h4-5,8,14-16,18-19,21-23H,6-7,9-13,26H2,1-3H3/t16?,18-,19?,21-,22-,23?,24-,25+/m0/s1. The fourth-order valence-electron chi connectivity index (χ4n) is 8.30. The average Bonchev–Trinajstić information content (AvgIpc) is 3.03. The van der Waals surface area contributed by atoms with E-state index in [2.05, 4.69) is 50.2 Å². The van der Waals surface area contributed by atoms with Gasteiger partial charge in [0.05, 0.1) is 0 Å². The van der Waals surface area contributed by atoms with E-state index in [0.29, 0.717) is 22.8 Å². The van der Waals surface area contributed by atoms with Crippen LogP contribution in [0.3, 0.4) is 0 Å². The Bertz CT molecular complexity index is 740. The largest absolute Gasteiger partial charge is 0.327 e. The topological polar surface area (TPSA) is 38.9 Å². The molecule has 0 radical (unpaired) electrons. The zero-order valence-electron chi connectivity index (χ0n) is 17.3. The molecule has 0 bridgehead atoms. The lowest BCUT2D eigenvalue weighted by atomic mass is 9.43. The van der Waals surface area contributed by atoms with Crippen molar-refractivity contribution < 1.29 is 0 Å². The lowest BCUT2D eigenvalue weighted by molar-refractivity contribution is -0.115. The van der Waals surface area contributed by atoms with Gasteiger partial charge < -0.3 is 5.73 Å². The zero-order valence-corrected chi connectivity index (χ0v) is 17.3. The molecule has 27 heavy (non-hydrogen) atoms. The van der Waals surface area contributed by atoms with Crippen molar-refractivity contribution in [3.05, 3.63) is 36.2 Å². The van der Waals surface area contributed by atoms with Gasteiger partial charge in [-0.25, -0.2) is 0 Å². The minimum absolute atomic E-state index is 0.351. The molecule has 0 aliphatic heterocycles. The van der Waals surface area contributed by atoms with E-state index < -0.39 is 0 Å². The maximum Gasteiger partial charge on any atom is 0.0343 e. The highest BCUT2D eigenvalue weighted by Crippen LogP contribution is 2.67. The second kappa shape index (κ2) is 6.17. The molecule has 0 aromatic carbocycles. The summed E-state index contributed by atoms with van der Waals surface area (Å²) in [4.78, 5) is 4.41. The van der Waals surface area contributed by atoms with Crippen molar-refractivity contribution in [1.82, 2.24) is 4.98 Å². The van der Waals surface area contributed by atoms with Crippen LogP contribution in [0, 0.1) is 40.4 Å². The summed E-state index contributed by atoms with van der Waals surface area (Å²) in [6, 6.07) is 4.79. The third-order valence-corrected chi connectivity index (χ3v) is 9.82. The summed E-state index contributed by atoms with van der Waals surface area (Å²) in [5.41, 5.74) is 10.3. The molecule has 4 aliphatic rings. The van der Waals surface area contributed by atoms with E-state index in [-0.39, 0.29) is 0 Å². The first-order valence-electron chi connectivity index (χ1n) is 11.3. The van der Waals surface area contributed by atoms with Gasteiger partial charge in [0, 0.05) is 18.4 Å². The van der Waals surface area contributed by atoms with Crippen molar-refractivity contribution in [3.63, 3.8) is 0 Å². The number of pyridine rings is 1. The Labute approximate surface area is 165 Å². The number of nitrogens with zero attached hydrogens (tertiary/aromatic N) is 1. The van der Waals surface area contributed by atoms with E-state index in [1.807, 2.05) is 6.20 Å². The van der Waals surface area contributed by atoms with Gasteiger partial charge in [0.2, 0.25) is 0 Å². The summed E-state index contributed by atoms with van der Waals surface area (Å²) in [6.45, 7) is 7.65. The normalized spacial score (nSPS) is 49.0. The Kier molecular flexibility index (Phi) is 4.10. The maximum atomic E-state index is 6.49. The molecule has 146 valence electrons. The van der Waals surface area contributed by atoms with Crippen LogP contribution in [0.25, 0.3) is 5.57 Å². The van der Waals surface area contributed by atoms with Crippen molar-refractivity contribution in [2.45, 2.75) is 71.8 Å². The summed E-state index contributed by atoms with van der Waals surface area (Å²) < 4.78 is 0. The van der Waals surface area contributed by atoms with Crippen LogP contribution < -0.4 is 5.73 Å². The number of aromatic nitrogens is 1. The zero-order chi connectivity index (χ0) is 18.8.